The van der Waals surface area contributed by atoms with Crippen molar-refractivity contribution in [2.45, 2.75) is 12.8 Å². The molecule has 2 aliphatic heterocycles. The third kappa shape index (κ3) is 1.67. The van der Waals surface area contributed by atoms with Gasteiger partial charge in [0, 0.05) is 19.0 Å². The molecule has 3 nitrogen and oxygen atoms in total. The molecule has 0 aromatic heterocycles. The van der Waals surface area contributed by atoms with Gasteiger partial charge in [0.05, 0.1) is 6.54 Å². The molecule has 1 N–H and O–H groups in total. The number of nitrogens with zero attached hydrogens (tertiary/aromatic N) is 1. The van der Waals surface area contributed by atoms with Crippen LogP contribution in [0, 0.1) is 5.92 Å². The Kier molecular flexibility index (Phi) is 2.42. The van der Waals surface area contributed by atoms with Crippen molar-refractivity contribution in [1.82, 2.24) is 10.2 Å². The lowest BCUT2D eigenvalue weighted by Crippen LogP contribution is -2.49. The van der Waals surface area contributed by atoms with Gasteiger partial charge in [0.2, 0.25) is 0 Å². The van der Waals surface area contributed by atoms with E-state index in [4.69, 9.17) is 0 Å². The van der Waals surface area contributed by atoms with Crippen molar-refractivity contribution in [2.75, 3.05) is 32.7 Å². The average Bonchev–Trinajstić information content (AvgIpc) is 2.34. The molecule has 2 saturated heterocycles. The minimum Gasteiger partial charge on any atom is -0.315 e. The molecule has 0 bridgehead atoms. The molecule has 12 heavy (non-hydrogen) atoms. The molecule has 0 spiro atoms. The van der Waals surface area contributed by atoms with Gasteiger partial charge in [-0.05, 0) is 25.9 Å². The Labute approximate surface area is 73.1 Å². The fraction of sp³-hybridized carbons (Fsp3) is 0.889. The van der Waals surface area contributed by atoms with E-state index in [9.17, 15) is 4.79 Å². The van der Waals surface area contributed by atoms with Gasteiger partial charge < -0.3 is 5.32 Å². The Balaban J connectivity index is 1.73. The number of hydrogen-bond acceptors (Lipinski definition) is 3. The van der Waals surface area contributed by atoms with Crippen molar-refractivity contribution < 1.29 is 4.79 Å². The Hall–Kier alpha value is -0.410. The maximum absolute atomic E-state index is 11.5. The van der Waals surface area contributed by atoms with Crippen LogP contribution in [0.3, 0.4) is 0 Å². The number of rotatable bonds is 3. The second kappa shape index (κ2) is 3.54. The highest BCUT2D eigenvalue weighted by Gasteiger charge is 2.26. The predicted octanol–water partition coefficient (Wildman–Crippen LogP) is -0.129. The van der Waals surface area contributed by atoms with E-state index >= 15 is 0 Å². The maximum Gasteiger partial charge on any atom is 0.152 e. The van der Waals surface area contributed by atoms with E-state index in [1.807, 2.05) is 0 Å². The fourth-order valence-electron chi connectivity index (χ4n) is 1.81. The predicted molar refractivity (Wildman–Crippen MR) is 47.0 cm³/mol. The van der Waals surface area contributed by atoms with Crippen LogP contribution in [0.2, 0.25) is 0 Å². The summed E-state index contributed by atoms with van der Waals surface area (Å²) >= 11 is 0. The first-order valence-corrected chi connectivity index (χ1v) is 4.82. The van der Waals surface area contributed by atoms with Gasteiger partial charge in [-0.1, -0.05) is 0 Å². The van der Waals surface area contributed by atoms with E-state index in [0.717, 1.165) is 26.2 Å². The van der Waals surface area contributed by atoms with E-state index in [1.165, 1.54) is 12.8 Å². The largest absolute Gasteiger partial charge is 0.315 e. The van der Waals surface area contributed by atoms with E-state index in [1.54, 1.807) is 0 Å². The molecule has 2 heterocycles. The number of likely N-dealkylation sites (tertiary alicyclic amines) is 1. The lowest BCUT2D eigenvalue weighted by atomic mass is 9.98. The first-order chi connectivity index (χ1) is 5.86. The van der Waals surface area contributed by atoms with Crippen molar-refractivity contribution in [2.24, 2.45) is 5.92 Å². The minimum atomic E-state index is 0.325. The molecule has 0 aliphatic carbocycles. The molecule has 2 fully saturated rings. The van der Waals surface area contributed by atoms with Gasteiger partial charge in [-0.3, -0.25) is 9.69 Å². The summed E-state index contributed by atoms with van der Waals surface area (Å²) in [5, 5.41) is 3.13. The molecule has 0 atom stereocenters. The SMILES string of the molecule is O=C(CN1CCCC1)C1CNC1. The molecule has 0 saturated carbocycles. The average molecular weight is 168 g/mol. The third-order valence-corrected chi connectivity index (χ3v) is 2.81. The molecule has 0 aromatic rings. The van der Waals surface area contributed by atoms with Crippen LogP contribution in [0.15, 0.2) is 0 Å². The van der Waals surface area contributed by atoms with E-state index in [2.05, 4.69) is 10.2 Å². The number of carbonyl (C=O) groups is 1. The highest BCUT2D eigenvalue weighted by molar-refractivity contribution is 5.84. The number of nitrogens with one attached hydrogen (secondary N) is 1. The summed E-state index contributed by atoms with van der Waals surface area (Å²) in [4.78, 5) is 13.8. The normalized spacial score (nSPS) is 25.7. The molecular formula is C9H16N2O. The highest BCUT2D eigenvalue weighted by atomic mass is 16.1. The Morgan fingerprint density at radius 3 is 2.50 bits per heavy atom. The lowest BCUT2D eigenvalue weighted by Gasteiger charge is -2.27. The van der Waals surface area contributed by atoms with Gasteiger partial charge in [0.1, 0.15) is 0 Å². The molecular weight excluding hydrogens is 152 g/mol. The zero-order valence-corrected chi connectivity index (χ0v) is 7.38. The zero-order valence-electron chi connectivity index (χ0n) is 7.38. The summed E-state index contributed by atoms with van der Waals surface area (Å²) in [6.07, 6.45) is 2.55. The molecule has 0 radical (unpaired) electrons. The summed E-state index contributed by atoms with van der Waals surface area (Å²) in [6, 6.07) is 0. The first-order valence-electron chi connectivity index (χ1n) is 4.82. The minimum absolute atomic E-state index is 0.325. The summed E-state index contributed by atoms with van der Waals surface area (Å²) in [7, 11) is 0. The van der Waals surface area contributed by atoms with Crippen LogP contribution < -0.4 is 5.32 Å². The highest BCUT2D eigenvalue weighted by Crippen LogP contribution is 2.10. The van der Waals surface area contributed by atoms with Crippen LogP contribution in [0.25, 0.3) is 0 Å². The summed E-state index contributed by atoms with van der Waals surface area (Å²) in [5.41, 5.74) is 0. The zero-order chi connectivity index (χ0) is 8.39. The van der Waals surface area contributed by atoms with Crippen LogP contribution in [-0.2, 0) is 4.79 Å². The third-order valence-electron chi connectivity index (χ3n) is 2.81. The summed E-state index contributed by atoms with van der Waals surface area (Å²) in [6.45, 7) is 4.78. The molecule has 68 valence electrons. The van der Waals surface area contributed by atoms with E-state index < -0.39 is 0 Å². The lowest BCUT2D eigenvalue weighted by molar-refractivity contribution is -0.125. The van der Waals surface area contributed by atoms with Gasteiger partial charge in [-0.25, -0.2) is 0 Å². The van der Waals surface area contributed by atoms with Crippen molar-refractivity contribution >= 4 is 5.78 Å². The van der Waals surface area contributed by atoms with Crippen molar-refractivity contribution in [3.63, 3.8) is 0 Å². The van der Waals surface area contributed by atoms with Gasteiger partial charge >= 0.3 is 0 Å². The molecule has 2 aliphatic rings. The van der Waals surface area contributed by atoms with Gasteiger partial charge in [0.25, 0.3) is 0 Å². The number of Topliss-reactive ketones (excluding diaryl/α,β-unsaturated/α-hetero) is 1. The number of carbonyl (C=O) groups excluding carboxylic acids is 1. The number of hydrogen-bond donors (Lipinski definition) is 1. The fourth-order valence-corrected chi connectivity index (χ4v) is 1.81. The van der Waals surface area contributed by atoms with E-state index in [-0.39, 0.29) is 0 Å². The van der Waals surface area contributed by atoms with Crippen molar-refractivity contribution in [1.29, 1.82) is 0 Å². The Bertz CT molecular complexity index is 171. The maximum atomic E-state index is 11.5. The molecule has 0 aromatic carbocycles. The second-order valence-corrected chi connectivity index (χ2v) is 3.80. The smallest absolute Gasteiger partial charge is 0.152 e. The van der Waals surface area contributed by atoms with Crippen LogP contribution in [0.1, 0.15) is 12.8 Å². The Morgan fingerprint density at radius 1 is 1.33 bits per heavy atom. The van der Waals surface area contributed by atoms with Crippen LogP contribution in [-0.4, -0.2) is 43.4 Å². The van der Waals surface area contributed by atoms with Gasteiger partial charge in [0.15, 0.2) is 5.78 Å². The van der Waals surface area contributed by atoms with Crippen molar-refractivity contribution in [3.05, 3.63) is 0 Å². The molecule has 3 heteroatoms. The van der Waals surface area contributed by atoms with Gasteiger partial charge in [-0.15, -0.1) is 0 Å². The van der Waals surface area contributed by atoms with Crippen LogP contribution >= 0.6 is 0 Å². The summed E-state index contributed by atoms with van der Waals surface area (Å²) in [5.74, 6) is 0.765. The second-order valence-electron chi connectivity index (χ2n) is 3.80. The summed E-state index contributed by atoms with van der Waals surface area (Å²) < 4.78 is 0. The standard InChI is InChI=1S/C9H16N2O/c12-9(8-5-10-6-8)7-11-3-1-2-4-11/h8,10H,1-7H2. The first kappa shape index (κ1) is 8.20. The molecule has 2 rings (SSSR count). The quantitative estimate of drug-likeness (QED) is 0.637. The number of ketones is 1. The molecule has 0 amide bonds. The van der Waals surface area contributed by atoms with Crippen LogP contribution in [0.4, 0.5) is 0 Å². The monoisotopic (exact) mass is 168 g/mol. The molecule has 0 unspecified atom stereocenters. The van der Waals surface area contributed by atoms with E-state index in [0.29, 0.717) is 18.2 Å². The topological polar surface area (TPSA) is 32.3 Å². The van der Waals surface area contributed by atoms with Crippen molar-refractivity contribution in [3.8, 4) is 0 Å². The van der Waals surface area contributed by atoms with Gasteiger partial charge in [-0.2, -0.15) is 0 Å². The Morgan fingerprint density at radius 2 is 2.00 bits per heavy atom. The van der Waals surface area contributed by atoms with Crippen LogP contribution in [0.5, 0.6) is 0 Å².